The molecule has 3 nitrogen and oxygen atoms in total. The number of methoxy groups -OCH3 is 1. The first-order chi connectivity index (χ1) is 10.8. The van der Waals surface area contributed by atoms with Crippen LogP contribution in [0.15, 0.2) is 54.6 Å². The maximum absolute atomic E-state index is 11.8. The van der Waals surface area contributed by atoms with Crippen LogP contribution in [0.5, 0.6) is 5.75 Å². The Morgan fingerprint density at radius 2 is 1.64 bits per heavy atom. The van der Waals surface area contributed by atoms with Gasteiger partial charge in [-0.3, -0.25) is 4.79 Å². The van der Waals surface area contributed by atoms with Crippen molar-refractivity contribution in [3.8, 4) is 5.75 Å². The largest absolute Gasteiger partial charge is 0.497 e. The Morgan fingerprint density at radius 1 is 0.955 bits per heavy atom. The molecule has 0 aliphatic rings. The van der Waals surface area contributed by atoms with E-state index in [-0.39, 0.29) is 5.91 Å². The first-order valence-electron chi connectivity index (χ1n) is 7.71. The van der Waals surface area contributed by atoms with Gasteiger partial charge in [-0.15, -0.1) is 0 Å². The zero-order valence-corrected chi connectivity index (χ0v) is 13.0. The van der Waals surface area contributed by atoms with Crippen LogP contribution in [0.1, 0.15) is 24.0 Å². The van der Waals surface area contributed by atoms with E-state index in [1.54, 1.807) is 7.11 Å². The van der Waals surface area contributed by atoms with Crippen molar-refractivity contribution in [2.75, 3.05) is 13.7 Å². The number of hydrogen-bond donors (Lipinski definition) is 1. The molecule has 0 aliphatic heterocycles. The summed E-state index contributed by atoms with van der Waals surface area (Å²) in [5.74, 6) is 0.997. The van der Waals surface area contributed by atoms with E-state index in [0.29, 0.717) is 6.42 Å². The van der Waals surface area contributed by atoms with Crippen LogP contribution in [0.3, 0.4) is 0 Å². The number of benzene rings is 2. The van der Waals surface area contributed by atoms with Crippen molar-refractivity contribution in [3.63, 3.8) is 0 Å². The van der Waals surface area contributed by atoms with Gasteiger partial charge >= 0.3 is 0 Å². The Kier molecular flexibility index (Phi) is 6.49. The van der Waals surface area contributed by atoms with Crippen LogP contribution in [-0.2, 0) is 17.6 Å². The number of amides is 1. The smallest absolute Gasteiger partial charge is 0.220 e. The maximum Gasteiger partial charge on any atom is 0.220 e. The van der Waals surface area contributed by atoms with E-state index in [4.69, 9.17) is 4.74 Å². The summed E-state index contributed by atoms with van der Waals surface area (Å²) >= 11 is 0. The molecule has 3 heteroatoms. The molecule has 2 aromatic carbocycles. The number of hydrogen-bond acceptors (Lipinski definition) is 2. The molecule has 0 aromatic heterocycles. The fourth-order valence-corrected chi connectivity index (χ4v) is 2.30. The Balaban J connectivity index is 1.60. The predicted molar refractivity (Wildman–Crippen MR) is 89.1 cm³/mol. The summed E-state index contributed by atoms with van der Waals surface area (Å²) in [6.07, 6.45) is 3.25. The Labute approximate surface area is 132 Å². The highest BCUT2D eigenvalue weighted by atomic mass is 16.5. The molecule has 0 spiro atoms. The summed E-state index contributed by atoms with van der Waals surface area (Å²) in [5.41, 5.74) is 2.47. The van der Waals surface area contributed by atoms with Crippen LogP contribution < -0.4 is 10.1 Å². The van der Waals surface area contributed by atoms with Crippen molar-refractivity contribution in [2.45, 2.75) is 25.7 Å². The number of carbonyl (C=O) groups excluding carboxylic acids is 1. The summed E-state index contributed by atoms with van der Waals surface area (Å²) in [6, 6.07) is 18.2. The standard InChI is InChI=1S/C19H23NO2/c1-22-18-12-9-17(10-13-18)8-5-15-20-19(21)14-11-16-6-3-2-4-7-16/h2-4,6-7,9-10,12-13H,5,8,11,14-15H2,1H3,(H,20,21). The lowest BCUT2D eigenvalue weighted by Crippen LogP contribution is -2.24. The van der Waals surface area contributed by atoms with Gasteiger partial charge in [0.15, 0.2) is 0 Å². The lowest BCUT2D eigenvalue weighted by Gasteiger charge is -2.06. The second kappa shape index (κ2) is 8.88. The summed E-state index contributed by atoms with van der Waals surface area (Å²) < 4.78 is 5.13. The molecule has 0 bridgehead atoms. The fraction of sp³-hybridized carbons (Fsp3) is 0.316. The molecule has 22 heavy (non-hydrogen) atoms. The molecule has 0 saturated carbocycles. The molecule has 0 atom stereocenters. The van der Waals surface area contributed by atoms with Gasteiger partial charge < -0.3 is 10.1 Å². The Bertz CT molecular complexity index is 564. The predicted octanol–water partition coefficient (Wildman–Crippen LogP) is 3.38. The minimum absolute atomic E-state index is 0.124. The second-order valence-electron chi connectivity index (χ2n) is 5.29. The molecule has 0 radical (unpaired) electrons. The van der Waals surface area contributed by atoms with E-state index in [1.807, 2.05) is 30.3 Å². The van der Waals surface area contributed by atoms with Crippen molar-refractivity contribution in [2.24, 2.45) is 0 Å². The molecular weight excluding hydrogens is 274 g/mol. The third kappa shape index (κ3) is 5.60. The molecule has 2 rings (SSSR count). The van der Waals surface area contributed by atoms with Gasteiger partial charge in [-0.05, 0) is 42.5 Å². The molecule has 0 saturated heterocycles. The average molecular weight is 297 g/mol. The van der Waals surface area contributed by atoms with Crippen LogP contribution >= 0.6 is 0 Å². The summed E-state index contributed by atoms with van der Waals surface area (Å²) in [7, 11) is 1.67. The second-order valence-corrected chi connectivity index (χ2v) is 5.29. The minimum Gasteiger partial charge on any atom is -0.497 e. The van der Waals surface area contributed by atoms with E-state index in [1.165, 1.54) is 11.1 Å². The molecule has 0 fully saturated rings. The van der Waals surface area contributed by atoms with Crippen LogP contribution in [0.2, 0.25) is 0 Å². The average Bonchev–Trinajstić information content (AvgIpc) is 2.58. The zero-order chi connectivity index (χ0) is 15.6. The lowest BCUT2D eigenvalue weighted by atomic mass is 10.1. The van der Waals surface area contributed by atoms with Crippen LogP contribution in [0.25, 0.3) is 0 Å². The van der Waals surface area contributed by atoms with E-state index in [2.05, 4.69) is 29.6 Å². The number of aryl methyl sites for hydroxylation is 2. The highest BCUT2D eigenvalue weighted by Crippen LogP contribution is 2.12. The summed E-state index contributed by atoms with van der Waals surface area (Å²) in [6.45, 7) is 0.722. The minimum atomic E-state index is 0.124. The van der Waals surface area contributed by atoms with Gasteiger partial charge in [-0.25, -0.2) is 0 Å². The van der Waals surface area contributed by atoms with E-state index >= 15 is 0 Å². The lowest BCUT2D eigenvalue weighted by molar-refractivity contribution is -0.121. The quantitative estimate of drug-likeness (QED) is 0.759. The number of ether oxygens (including phenoxy) is 1. The van der Waals surface area contributed by atoms with Crippen LogP contribution in [-0.4, -0.2) is 19.6 Å². The molecule has 2 aromatic rings. The molecule has 1 amide bonds. The number of carbonyl (C=O) groups is 1. The van der Waals surface area contributed by atoms with Crippen molar-refractivity contribution in [1.29, 1.82) is 0 Å². The van der Waals surface area contributed by atoms with Crippen LogP contribution in [0.4, 0.5) is 0 Å². The first-order valence-corrected chi connectivity index (χ1v) is 7.71. The van der Waals surface area contributed by atoms with E-state index < -0.39 is 0 Å². The van der Waals surface area contributed by atoms with Gasteiger partial charge in [-0.2, -0.15) is 0 Å². The summed E-state index contributed by atoms with van der Waals surface area (Å²) in [4.78, 5) is 11.8. The fourth-order valence-electron chi connectivity index (χ4n) is 2.30. The van der Waals surface area contributed by atoms with Crippen LogP contribution in [0, 0.1) is 0 Å². The maximum atomic E-state index is 11.8. The number of nitrogens with one attached hydrogen (secondary N) is 1. The van der Waals surface area contributed by atoms with Gasteiger partial charge in [-0.1, -0.05) is 42.5 Å². The highest BCUT2D eigenvalue weighted by molar-refractivity contribution is 5.76. The highest BCUT2D eigenvalue weighted by Gasteiger charge is 2.02. The molecule has 0 heterocycles. The van der Waals surface area contributed by atoms with E-state index in [0.717, 1.165) is 31.6 Å². The molecule has 0 unspecified atom stereocenters. The molecule has 0 aliphatic carbocycles. The molecular formula is C19H23NO2. The molecule has 1 N–H and O–H groups in total. The molecule has 116 valence electrons. The van der Waals surface area contributed by atoms with Crippen molar-refractivity contribution >= 4 is 5.91 Å². The Morgan fingerprint density at radius 3 is 2.32 bits per heavy atom. The van der Waals surface area contributed by atoms with Crippen molar-refractivity contribution < 1.29 is 9.53 Å². The normalized spacial score (nSPS) is 10.2. The van der Waals surface area contributed by atoms with Gasteiger partial charge in [0.1, 0.15) is 5.75 Å². The Hall–Kier alpha value is -2.29. The topological polar surface area (TPSA) is 38.3 Å². The number of rotatable bonds is 8. The third-order valence-corrected chi connectivity index (χ3v) is 3.61. The first kappa shape index (κ1) is 16.1. The van der Waals surface area contributed by atoms with Gasteiger partial charge in [0, 0.05) is 13.0 Å². The van der Waals surface area contributed by atoms with Crippen molar-refractivity contribution in [1.82, 2.24) is 5.32 Å². The van der Waals surface area contributed by atoms with Gasteiger partial charge in [0.25, 0.3) is 0 Å². The monoisotopic (exact) mass is 297 g/mol. The summed E-state index contributed by atoms with van der Waals surface area (Å²) in [5, 5.41) is 2.98. The van der Waals surface area contributed by atoms with Crippen molar-refractivity contribution in [3.05, 3.63) is 65.7 Å². The van der Waals surface area contributed by atoms with E-state index in [9.17, 15) is 4.79 Å². The SMILES string of the molecule is COc1ccc(CCCNC(=O)CCc2ccccc2)cc1. The van der Waals surface area contributed by atoms with Gasteiger partial charge in [0.2, 0.25) is 5.91 Å². The van der Waals surface area contributed by atoms with Gasteiger partial charge in [0.05, 0.1) is 7.11 Å². The third-order valence-electron chi connectivity index (χ3n) is 3.61. The zero-order valence-electron chi connectivity index (χ0n) is 13.0.